The second-order valence-corrected chi connectivity index (χ2v) is 8.37. The van der Waals surface area contributed by atoms with Gasteiger partial charge in [0.1, 0.15) is 11.1 Å². The highest BCUT2D eigenvalue weighted by atomic mass is 19.3. The topological polar surface area (TPSA) is 80.0 Å². The van der Waals surface area contributed by atoms with Gasteiger partial charge in [0.15, 0.2) is 5.65 Å². The summed E-state index contributed by atoms with van der Waals surface area (Å²) in [5.74, 6) is -2.79. The van der Waals surface area contributed by atoms with Crippen LogP contribution in [-0.4, -0.2) is 31.5 Å². The summed E-state index contributed by atoms with van der Waals surface area (Å²) < 4.78 is 27.9. The van der Waals surface area contributed by atoms with Gasteiger partial charge in [-0.05, 0) is 51.2 Å². The van der Waals surface area contributed by atoms with Gasteiger partial charge in [-0.2, -0.15) is 0 Å². The number of carbonyl (C=O) groups is 1. The van der Waals surface area contributed by atoms with Gasteiger partial charge in [0.05, 0.1) is 5.69 Å². The third kappa shape index (κ3) is 3.54. The molecular formula is C19H24F2N4O2. The van der Waals surface area contributed by atoms with Crippen molar-refractivity contribution in [3.63, 3.8) is 0 Å². The smallest absolute Gasteiger partial charge is 0.248 e. The molecule has 0 aliphatic heterocycles. The van der Waals surface area contributed by atoms with E-state index in [1.54, 1.807) is 26.0 Å². The van der Waals surface area contributed by atoms with Crippen LogP contribution >= 0.6 is 0 Å². The van der Waals surface area contributed by atoms with E-state index in [1.165, 1.54) is 0 Å². The number of aliphatic hydroxyl groups is 1. The second kappa shape index (κ2) is 6.22. The molecule has 2 aromatic heterocycles. The minimum absolute atomic E-state index is 0.0752. The maximum atomic E-state index is 13.0. The number of hydrogen-bond donors (Lipinski definition) is 2. The van der Waals surface area contributed by atoms with E-state index >= 15 is 0 Å². The number of pyridine rings is 1. The van der Waals surface area contributed by atoms with Gasteiger partial charge in [0, 0.05) is 25.3 Å². The van der Waals surface area contributed by atoms with Crippen LogP contribution in [0.25, 0.3) is 11.2 Å². The molecule has 8 heteroatoms. The molecule has 0 saturated heterocycles. The summed E-state index contributed by atoms with van der Waals surface area (Å²) in [4.78, 5) is 21.4. The van der Waals surface area contributed by atoms with Crippen LogP contribution in [0.3, 0.4) is 0 Å². The van der Waals surface area contributed by atoms with Gasteiger partial charge in [-0.25, -0.2) is 18.7 Å². The Hall–Kier alpha value is -2.09. The number of amides is 1. The highest BCUT2D eigenvalue weighted by Gasteiger charge is 2.45. The third-order valence-electron chi connectivity index (χ3n) is 5.50. The first kappa shape index (κ1) is 18.3. The molecule has 27 heavy (non-hydrogen) atoms. The molecule has 2 aromatic rings. The molecule has 1 amide bonds. The van der Waals surface area contributed by atoms with Crippen LogP contribution in [0.4, 0.5) is 14.7 Å². The van der Waals surface area contributed by atoms with Crippen LogP contribution in [0.5, 0.6) is 0 Å². The van der Waals surface area contributed by atoms with E-state index < -0.39 is 11.5 Å². The maximum absolute atomic E-state index is 13.0. The predicted octanol–water partition coefficient (Wildman–Crippen LogP) is 3.76. The maximum Gasteiger partial charge on any atom is 0.248 e. The van der Waals surface area contributed by atoms with Gasteiger partial charge < -0.3 is 5.11 Å². The Balaban J connectivity index is 1.60. The van der Waals surface area contributed by atoms with E-state index in [9.17, 15) is 18.7 Å². The zero-order valence-corrected chi connectivity index (χ0v) is 15.5. The van der Waals surface area contributed by atoms with Crippen molar-refractivity contribution in [2.24, 2.45) is 5.92 Å². The van der Waals surface area contributed by atoms with Crippen LogP contribution in [-0.2, 0) is 10.4 Å². The number of aromatic nitrogens is 3. The molecule has 2 aliphatic carbocycles. The number of nitrogens with zero attached hydrogens (tertiary/aromatic N) is 3. The van der Waals surface area contributed by atoms with Crippen LogP contribution in [0.2, 0.25) is 0 Å². The van der Waals surface area contributed by atoms with Gasteiger partial charge in [-0.15, -0.1) is 0 Å². The summed E-state index contributed by atoms with van der Waals surface area (Å²) in [6.07, 6.45) is 2.66. The second-order valence-electron chi connectivity index (χ2n) is 8.37. The summed E-state index contributed by atoms with van der Waals surface area (Å²) in [5, 5.41) is 13.1. The molecule has 2 heterocycles. The molecule has 2 N–H and O–H groups in total. The van der Waals surface area contributed by atoms with Crippen LogP contribution in [0.1, 0.15) is 64.1 Å². The van der Waals surface area contributed by atoms with E-state index in [1.807, 2.05) is 4.57 Å². The molecule has 0 spiro atoms. The van der Waals surface area contributed by atoms with E-state index in [4.69, 9.17) is 0 Å². The van der Waals surface area contributed by atoms with E-state index in [2.05, 4.69) is 15.3 Å². The molecule has 2 saturated carbocycles. The van der Waals surface area contributed by atoms with Gasteiger partial charge in [-0.1, -0.05) is 0 Å². The Morgan fingerprint density at radius 1 is 1.33 bits per heavy atom. The lowest BCUT2D eigenvalue weighted by molar-refractivity contribution is -0.129. The monoisotopic (exact) mass is 378 g/mol. The SMILES string of the molecule is CC(C)(O)c1ccc2nc(NC(=O)CC3CC(F)(F)C3)n(C3CCC3)c2n1. The number of carbonyl (C=O) groups excluding carboxylic acids is 1. The lowest BCUT2D eigenvalue weighted by Crippen LogP contribution is -2.37. The Labute approximate surface area is 156 Å². The first-order valence-electron chi connectivity index (χ1n) is 9.42. The molecule has 0 bridgehead atoms. The highest BCUT2D eigenvalue weighted by Crippen LogP contribution is 2.44. The molecule has 0 unspecified atom stereocenters. The molecule has 0 radical (unpaired) electrons. The molecule has 0 aromatic carbocycles. The summed E-state index contributed by atoms with van der Waals surface area (Å²) in [5.41, 5.74) is 0.720. The van der Waals surface area contributed by atoms with Crippen molar-refractivity contribution >= 4 is 23.0 Å². The van der Waals surface area contributed by atoms with E-state index in [0.29, 0.717) is 22.8 Å². The first-order chi connectivity index (χ1) is 12.6. The van der Waals surface area contributed by atoms with E-state index in [0.717, 1.165) is 19.3 Å². The summed E-state index contributed by atoms with van der Waals surface area (Å²) >= 11 is 0. The minimum Gasteiger partial charge on any atom is -0.384 e. The Morgan fingerprint density at radius 2 is 2.04 bits per heavy atom. The van der Waals surface area contributed by atoms with Gasteiger partial charge in [0.25, 0.3) is 0 Å². The number of halogens is 2. The van der Waals surface area contributed by atoms with Gasteiger partial charge in [-0.3, -0.25) is 14.7 Å². The number of rotatable bonds is 5. The molecule has 6 nitrogen and oxygen atoms in total. The Morgan fingerprint density at radius 3 is 2.59 bits per heavy atom. The van der Waals surface area contributed by atoms with Crippen molar-refractivity contribution in [1.29, 1.82) is 0 Å². The number of nitrogens with one attached hydrogen (secondary N) is 1. The van der Waals surface area contributed by atoms with Crippen molar-refractivity contribution in [1.82, 2.24) is 14.5 Å². The number of alkyl halides is 2. The molecular weight excluding hydrogens is 354 g/mol. The summed E-state index contributed by atoms with van der Waals surface area (Å²) in [6.45, 7) is 3.34. The molecule has 2 aliphatic rings. The van der Waals surface area contributed by atoms with Gasteiger partial charge in [0.2, 0.25) is 17.8 Å². The normalized spacial score (nSPS) is 20.3. The van der Waals surface area contributed by atoms with Crippen molar-refractivity contribution in [3.8, 4) is 0 Å². The lowest BCUT2D eigenvalue weighted by Gasteiger charge is -2.34. The lowest BCUT2D eigenvalue weighted by atomic mass is 9.79. The van der Waals surface area contributed by atoms with Crippen molar-refractivity contribution in [2.45, 2.75) is 69.9 Å². The summed E-state index contributed by atoms with van der Waals surface area (Å²) in [7, 11) is 0. The van der Waals surface area contributed by atoms with Crippen molar-refractivity contribution in [2.75, 3.05) is 5.32 Å². The number of fused-ring (bicyclic) bond motifs is 1. The predicted molar refractivity (Wildman–Crippen MR) is 96.6 cm³/mol. The quantitative estimate of drug-likeness (QED) is 0.830. The van der Waals surface area contributed by atoms with Crippen LogP contribution in [0.15, 0.2) is 12.1 Å². The zero-order chi connectivity index (χ0) is 19.4. The third-order valence-corrected chi connectivity index (χ3v) is 5.50. The molecule has 146 valence electrons. The number of imidazole rings is 1. The molecule has 0 atom stereocenters. The highest BCUT2D eigenvalue weighted by molar-refractivity contribution is 5.91. The Kier molecular flexibility index (Phi) is 4.21. The fourth-order valence-electron chi connectivity index (χ4n) is 3.76. The zero-order valence-electron chi connectivity index (χ0n) is 15.5. The van der Waals surface area contributed by atoms with Crippen molar-refractivity contribution in [3.05, 3.63) is 17.8 Å². The number of hydrogen-bond acceptors (Lipinski definition) is 4. The molecule has 2 fully saturated rings. The average Bonchev–Trinajstić information content (AvgIpc) is 2.80. The average molecular weight is 378 g/mol. The standard InChI is InChI=1S/C19H24F2N4O2/c1-18(2,27)14-7-6-13-16(23-14)25(12-4-3-5-12)17(22-13)24-15(26)8-11-9-19(20,21)10-11/h6-7,11-12,27H,3-5,8-10H2,1-2H3,(H,22,24,26). The number of anilines is 1. The minimum atomic E-state index is -2.62. The van der Waals surface area contributed by atoms with Crippen molar-refractivity contribution < 1.29 is 18.7 Å². The first-order valence-corrected chi connectivity index (χ1v) is 9.42. The van der Waals surface area contributed by atoms with E-state index in [-0.39, 0.29) is 37.1 Å². The largest absolute Gasteiger partial charge is 0.384 e. The van der Waals surface area contributed by atoms with Gasteiger partial charge >= 0.3 is 0 Å². The van der Waals surface area contributed by atoms with Crippen LogP contribution in [0, 0.1) is 5.92 Å². The molecule has 4 rings (SSSR count). The fourth-order valence-corrected chi connectivity index (χ4v) is 3.76. The fraction of sp³-hybridized carbons (Fsp3) is 0.632. The van der Waals surface area contributed by atoms with Crippen LogP contribution < -0.4 is 5.32 Å². The summed E-state index contributed by atoms with van der Waals surface area (Å²) in [6, 6.07) is 3.71. The Bertz CT molecular complexity index is 876.